The predicted octanol–water partition coefficient (Wildman–Crippen LogP) is 5.87. The Morgan fingerprint density at radius 3 is 2.35 bits per heavy atom. The second kappa shape index (κ2) is 10.8. The molecule has 3 rings (SSSR count). The van der Waals surface area contributed by atoms with Gasteiger partial charge >= 0.3 is 5.97 Å². The maximum absolute atomic E-state index is 12.6. The third kappa shape index (κ3) is 5.95. The molecule has 31 heavy (non-hydrogen) atoms. The fourth-order valence-corrected chi connectivity index (χ4v) is 4.13. The Bertz CT molecular complexity index is 1020. The van der Waals surface area contributed by atoms with Crippen molar-refractivity contribution in [2.45, 2.75) is 33.6 Å². The minimum atomic E-state index is -0.456. The number of hydrogen-bond acceptors (Lipinski definition) is 5. The van der Waals surface area contributed by atoms with Crippen LogP contribution in [-0.4, -0.2) is 25.1 Å². The Kier molecular flexibility index (Phi) is 7.84. The number of carbonyl (C=O) groups is 2. The van der Waals surface area contributed by atoms with Crippen molar-refractivity contribution in [3.8, 4) is 16.9 Å². The summed E-state index contributed by atoms with van der Waals surface area (Å²) in [6, 6.07) is 15.6. The summed E-state index contributed by atoms with van der Waals surface area (Å²) in [6.07, 6.45) is 2.09. The van der Waals surface area contributed by atoms with Crippen LogP contribution in [0.25, 0.3) is 11.1 Å². The predicted molar refractivity (Wildman–Crippen MR) is 125 cm³/mol. The highest BCUT2D eigenvalue weighted by Crippen LogP contribution is 2.36. The van der Waals surface area contributed by atoms with Crippen LogP contribution in [0.15, 0.2) is 53.9 Å². The minimum absolute atomic E-state index is 0.146. The highest BCUT2D eigenvalue weighted by atomic mass is 32.1. The molecule has 1 amide bonds. The van der Waals surface area contributed by atoms with Crippen molar-refractivity contribution >= 4 is 28.2 Å². The Hall–Kier alpha value is -3.12. The van der Waals surface area contributed by atoms with Gasteiger partial charge in [-0.25, -0.2) is 4.79 Å². The molecule has 162 valence electrons. The van der Waals surface area contributed by atoms with Crippen molar-refractivity contribution in [2.24, 2.45) is 0 Å². The molecule has 0 unspecified atom stereocenters. The van der Waals surface area contributed by atoms with E-state index < -0.39 is 5.97 Å². The normalized spacial score (nSPS) is 10.5. The summed E-state index contributed by atoms with van der Waals surface area (Å²) in [5, 5.41) is 5.13. The number of hydrogen-bond donors (Lipinski definition) is 1. The van der Waals surface area contributed by atoms with Gasteiger partial charge in [0.15, 0.2) is 6.61 Å². The molecule has 6 heteroatoms. The number of esters is 1. The molecule has 0 fully saturated rings. The van der Waals surface area contributed by atoms with E-state index in [9.17, 15) is 9.59 Å². The molecule has 0 aliphatic heterocycles. The highest BCUT2D eigenvalue weighted by Gasteiger charge is 2.23. The molecule has 0 atom stereocenters. The van der Waals surface area contributed by atoms with Crippen LogP contribution in [0.5, 0.6) is 5.75 Å². The van der Waals surface area contributed by atoms with Gasteiger partial charge in [-0.15, -0.1) is 11.3 Å². The number of rotatable bonds is 9. The van der Waals surface area contributed by atoms with E-state index in [1.807, 2.05) is 60.8 Å². The van der Waals surface area contributed by atoms with Crippen molar-refractivity contribution in [3.05, 3.63) is 70.6 Å². The number of ether oxygens (including phenoxy) is 2. The number of anilines is 1. The summed E-state index contributed by atoms with van der Waals surface area (Å²) < 4.78 is 10.8. The van der Waals surface area contributed by atoms with Gasteiger partial charge in [0.25, 0.3) is 5.91 Å². The molecule has 5 nitrogen and oxygen atoms in total. The summed E-state index contributed by atoms with van der Waals surface area (Å²) in [5.74, 6) is -0.158. The maximum Gasteiger partial charge on any atom is 0.341 e. The van der Waals surface area contributed by atoms with Crippen LogP contribution in [0.1, 0.15) is 41.8 Å². The average Bonchev–Trinajstić information content (AvgIpc) is 3.17. The maximum atomic E-state index is 12.6. The van der Waals surface area contributed by atoms with Crippen LogP contribution in [0, 0.1) is 6.92 Å². The summed E-state index contributed by atoms with van der Waals surface area (Å²) in [7, 11) is 0. The highest BCUT2D eigenvalue weighted by molar-refractivity contribution is 7.15. The third-order valence-corrected chi connectivity index (χ3v) is 5.61. The second-order valence-electron chi connectivity index (χ2n) is 7.17. The lowest BCUT2D eigenvalue weighted by molar-refractivity contribution is -0.118. The van der Waals surface area contributed by atoms with E-state index in [4.69, 9.17) is 9.47 Å². The van der Waals surface area contributed by atoms with Crippen LogP contribution in [0.3, 0.4) is 0 Å². The molecule has 2 aromatic carbocycles. The Morgan fingerprint density at radius 2 is 1.71 bits per heavy atom. The van der Waals surface area contributed by atoms with Gasteiger partial charge in [-0.05, 0) is 43.5 Å². The molecular weight excluding hydrogens is 410 g/mol. The summed E-state index contributed by atoms with van der Waals surface area (Å²) in [4.78, 5) is 25.1. The van der Waals surface area contributed by atoms with Gasteiger partial charge in [0.05, 0.1) is 6.61 Å². The van der Waals surface area contributed by atoms with Gasteiger partial charge in [-0.1, -0.05) is 55.3 Å². The lowest BCUT2D eigenvalue weighted by atomic mass is 10.0. The van der Waals surface area contributed by atoms with Crippen molar-refractivity contribution in [2.75, 3.05) is 18.5 Å². The van der Waals surface area contributed by atoms with E-state index in [0.717, 1.165) is 29.5 Å². The third-order valence-electron chi connectivity index (χ3n) is 4.72. The van der Waals surface area contributed by atoms with E-state index in [0.29, 0.717) is 16.3 Å². The molecule has 0 radical (unpaired) electrons. The summed E-state index contributed by atoms with van der Waals surface area (Å²) in [5.41, 5.74) is 4.37. The van der Waals surface area contributed by atoms with Gasteiger partial charge in [0.1, 0.15) is 16.3 Å². The molecule has 1 heterocycles. The van der Waals surface area contributed by atoms with Crippen LogP contribution < -0.4 is 10.1 Å². The van der Waals surface area contributed by atoms with Crippen LogP contribution >= 0.6 is 11.3 Å². The number of nitrogens with one attached hydrogen (secondary N) is 1. The largest absolute Gasteiger partial charge is 0.484 e. The van der Waals surface area contributed by atoms with Gasteiger partial charge in [-0.2, -0.15) is 0 Å². The first kappa shape index (κ1) is 22.6. The van der Waals surface area contributed by atoms with Crippen LogP contribution in [0.2, 0.25) is 0 Å². The summed E-state index contributed by atoms with van der Waals surface area (Å²) in [6.45, 7) is 6.01. The molecule has 0 saturated heterocycles. The number of amides is 1. The Labute approximate surface area is 187 Å². The van der Waals surface area contributed by atoms with E-state index in [-0.39, 0.29) is 19.1 Å². The molecular formula is C25H27NO4S. The molecule has 0 saturated carbocycles. The topological polar surface area (TPSA) is 64.6 Å². The lowest BCUT2D eigenvalue weighted by Gasteiger charge is -2.10. The Balaban J connectivity index is 1.73. The SMILES string of the molecule is CCCc1ccc(OCC(=O)Nc2scc(-c3ccc(C)cc3)c2C(=O)OCC)cc1. The van der Waals surface area contributed by atoms with E-state index in [2.05, 4.69) is 12.2 Å². The van der Waals surface area contributed by atoms with Crippen LogP contribution in [0.4, 0.5) is 5.00 Å². The first-order valence-electron chi connectivity index (χ1n) is 10.4. The standard InChI is InChI=1S/C25H27NO4S/c1-4-6-18-9-13-20(14-10-18)30-15-22(27)26-24-23(25(28)29-5-2)21(16-31-24)19-11-7-17(3)8-12-19/h7-14,16H,4-6,15H2,1-3H3,(H,26,27). The molecule has 0 bridgehead atoms. The van der Waals surface area contributed by atoms with Gasteiger partial charge in [-0.3, -0.25) is 4.79 Å². The zero-order valence-corrected chi connectivity index (χ0v) is 18.9. The minimum Gasteiger partial charge on any atom is -0.484 e. The average molecular weight is 438 g/mol. The fourth-order valence-electron chi connectivity index (χ4n) is 3.15. The monoisotopic (exact) mass is 437 g/mol. The van der Waals surface area contributed by atoms with E-state index in [1.165, 1.54) is 16.9 Å². The molecule has 3 aromatic rings. The van der Waals surface area contributed by atoms with Crippen molar-refractivity contribution in [1.29, 1.82) is 0 Å². The molecule has 1 N–H and O–H groups in total. The zero-order chi connectivity index (χ0) is 22.2. The van der Waals surface area contributed by atoms with Gasteiger partial charge in [0, 0.05) is 10.9 Å². The smallest absolute Gasteiger partial charge is 0.341 e. The van der Waals surface area contributed by atoms with E-state index in [1.54, 1.807) is 6.92 Å². The zero-order valence-electron chi connectivity index (χ0n) is 18.1. The van der Waals surface area contributed by atoms with Crippen molar-refractivity contribution < 1.29 is 19.1 Å². The van der Waals surface area contributed by atoms with Crippen LogP contribution in [-0.2, 0) is 16.0 Å². The molecule has 0 spiro atoms. The summed E-state index contributed by atoms with van der Waals surface area (Å²) >= 11 is 1.30. The van der Waals surface area contributed by atoms with E-state index >= 15 is 0 Å². The van der Waals surface area contributed by atoms with Crippen molar-refractivity contribution in [3.63, 3.8) is 0 Å². The first-order valence-corrected chi connectivity index (χ1v) is 11.3. The number of thiophene rings is 1. The quantitative estimate of drug-likeness (QED) is 0.425. The molecule has 1 aromatic heterocycles. The lowest BCUT2D eigenvalue weighted by Crippen LogP contribution is -2.21. The Morgan fingerprint density at radius 1 is 1.00 bits per heavy atom. The van der Waals surface area contributed by atoms with Gasteiger partial charge in [0.2, 0.25) is 0 Å². The number of aryl methyl sites for hydroxylation is 2. The molecule has 0 aliphatic carbocycles. The molecule has 0 aliphatic rings. The van der Waals surface area contributed by atoms with Crippen molar-refractivity contribution in [1.82, 2.24) is 0 Å². The number of carbonyl (C=O) groups excluding carboxylic acids is 2. The van der Waals surface area contributed by atoms with Gasteiger partial charge < -0.3 is 14.8 Å². The fraction of sp³-hybridized carbons (Fsp3) is 0.280. The number of benzene rings is 2. The second-order valence-corrected chi connectivity index (χ2v) is 8.05. The first-order chi connectivity index (χ1) is 15.0.